The van der Waals surface area contributed by atoms with Gasteiger partial charge in [-0.2, -0.15) is 0 Å². The maximum atomic E-state index is 10.8. The van der Waals surface area contributed by atoms with Gasteiger partial charge in [0.1, 0.15) is 0 Å². The van der Waals surface area contributed by atoms with Crippen LogP contribution >= 0.6 is 0 Å². The van der Waals surface area contributed by atoms with Gasteiger partial charge in [0.2, 0.25) is 0 Å². The van der Waals surface area contributed by atoms with Crippen LogP contribution in [0.25, 0.3) is 0 Å². The molecule has 2 rings (SSSR count). The van der Waals surface area contributed by atoms with Gasteiger partial charge in [0.05, 0.1) is 6.10 Å². The Balaban J connectivity index is 1.49. The summed E-state index contributed by atoms with van der Waals surface area (Å²) in [6.07, 6.45) is 9.02. The van der Waals surface area contributed by atoms with Crippen molar-refractivity contribution in [2.45, 2.75) is 69.6 Å². The molecule has 0 radical (unpaired) electrons. The molecule has 1 aliphatic carbocycles. The van der Waals surface area contributed by atoms with Gasteiger partial charge in [0.25, 0.3) is 0 Å². The van der Waals surface area contributed by atoms with Crippen molar-refractivity contribution in [3.8, 4) is 0 Å². The van der Waals surface area contributed by atoms with Crippen molar-refractivity contribution in [3.63, 3.8) is 0 Å². The number of carboxylic acid groups (broad SMARTS) is 1. The van der Waals surface area contributed by atoms with Crippen LogP contribution in [0.1, 0.15) is 51.4 Å². The standard InChI is InChI=1S/C16H30N2O3/c1-18(13-6-3-2-4-7-13)11-5-10-17-12-14-8-9-15(21-14)16(19)20/h13-15,17H,2-12H2,1H3,(H,19,20). The first-order valence-electron chi connectivity index (χ1n) is 8.46. The van der Waals surface area contributed by atoms with E-state index in [1.54, 1.807) is 0 Å². The van der Waals surface area contributed by atoms with E-state index in [4.69, 9.17) is 9.84 Å². The first-order valence-corrected chi connectivity index (χ1v) is 8.46. The first kappa shape index (κ1) is 16.7. The Hall–Kier alpha value is -0.650. The summed E-state index contributed by atoms with van der Waals surface area (Å²) < 4.78 is 5.47. The van der Waals surface area contributed by atoms with Crippen LogP contribution in [0.2, 0.25) is 0 Å². The van der Waals surface area contributed by atoms with E-state index in [0.717, 1.165) is 38.5 Å². The summed E-state index contributed by atoms with van der Waals surface area (Å²) >= 11 is 0. The van der Waals surface area contributed by atoms with Crippen molar-refractivity contribution >= 4 is 5.97 Å². The van der Waals surface area contributed by atoms with Gasteiger partial charge < -0.3 is 20.1 Å². The number of nitrogens with zero attached hydrogens (tertiary/aromatic N) is 1. The van der Waals surface area contributed by atoms with Gasteiger partial charge in [-0.1, -0.05) is 19.3 Å². The van der Waals surface area contributed by atoms with Crippen LogP contribution in [-0.4, -0.2) is 60.9 Å². The molecule has 5 heteroatoms. The van der Waals surface area contributed by atoms with Crippen LogP contribution in [0, 0.1) is 0 Å². The zero-order valence-electron chi connectivity index (χ0n) is 13.2. The Labute approximate surface area is 128 Å². The summed E-state index contributed by atoms with van der Waals surface area (Å²) in [6, 6.07) is 0.785. The minimum absolute atomic E-state index is 0.0715. The molecule has 5 nitrogen and oxygen atoms in total. The molecule has 0 aromatic heterocycles. The average Bonchev–Trinajstić information content (AvgIpc) is 2.97. The predicted octanol–water partition coefficient (Wildman–Crippen LogP) is 1.86. The average molecular weight is 298 g/mol. The Morgan fingerprint density at radius 3 is 2.67 bits per heavy atom. The topological polar surface area (TPSA) is 61.8 Å². The summed E-state index contributed by atoms with van der Waals surface area (Å²) in [4.78, 5) is 13.3. The van der Waals surface area contributed by atoms with Crippen molar-refractivity contribution in [1.82, 2.24) is 10.2 Å². The van der Waals surface area contributed by atoms with Crippen molar-refractivity contribution in [2.75, 3.05) is 26.7 Å². The molecule has 1 saturated heterocycles. The van der Waals surface area contributed by atoms with E-state index in [9.17, 15) is 4.79 Å². The Bertz CT molecular complexity index is 319. The summed E-state index contributed by atoms with van der Waals surface area (Å²) in [7, 11) is 2.24. The summed E-state index contributed by atoms with van der Waals surface area (Å²) in [6.45, 7) is 2.90. The lowest BCUT2D eigenvalue weighted by Crippen LogP contribution is -2.36. The van der Waals surface area contributed by atoms with E-state index in [0.29, 0.717) is 6.42 Å². The molecule has 0 bridgehead atoms. The van der Waals surface area contributed by atoms with Crippen LogP contribution in [0.15, 0.2) is 0 Å². The third kappa shape index (κ3) is 5.57. The highest BCUT2D eigenvalue weighted by atomic mass is 16.5. The van der Waals surface area contributed by atoms with E-state index in [1.807, 2.05) is 0 Å². The highest BCUT2D eigenvalue weighted by molar-refractivity contribution is 5.72. The van der Waals surface area contributed by atoms with E-state index in [2.05, 4.69) is 17.3 Å². The second-order valence-electron chi connectivity index (χ2n) is 6.49. The van der Waals surface area contributed by atoms with Gasteiger partial charge in [-0.25, -0.2) is 4.79 Å². The van der Waals surface area contributed by atoms with Gasteiger partial charge >= 0.3 is 5.97 Å². The van der Waals surface area contributed by atoms with E-state index in [-0.39, 0.29) is 6.10 Å². The highest BCUT2D eigenvalue weighted by Gasteiger charge is 2.29. The number of rotatable bonds is 8. The van der Waals surface area contributed by atoms with Crippen LogP contribution in [0.3, 0.4) is 0 Å². The molecule has 0 amide bonds. The molecule has 2 fully saturated rings. The monoisotopic (exact) mass is 298 g/mol. The molecule has 0 aromatic rings. The molecular weight excluding hydrogens is 268 g/mol. The second-order valence-corrected chi connectivity index (χ2v) is 6.49. The Morgan fingerprint density at radius 2 is 2.00 bits per heavy atom. The maximum Gasteiger partial charge on any atom is 0.332 e. The Morgan fingerprint density at radius 1 is 1.24 bits per heavy atom. The predicted molar refractivity (Wildman–Crippen MR) is 82.5 cm³/mol. The van der Waals surface area contributed by atoms with E-state index in [1.165, 1.54) is 32.1 Å². The zero-order chi connectivity index (χ0) is 15.1. The number of nitrogens with one attached hydrogen (secondary N) is 1. The molecule has 0 spiro atoms. The molecule has 1 heterocycles. The van der Waals surface area contributed by atoms with Crippen molar-refractivity contribution < 1.29 is 14.6 Å². The second kappa shape index (κ2) is 8.71. The van der Waals surface area contributed by atoms with Crippen molar-refractivity contribution in [2.24, 2.45) is 0 Å². The zero-order valence-corrected chi connectivity index (χ0v) is 13.2. The number of carboxylic acids is 1. The molecule has 122 valence electrons. The number of ether oxygens (including phenoxy) is 1. The normalized spacial score (nSPS) is 27.3. The van der Waals surface area contributed by atoms with E-state index >= 15 is 0 Å². The highest BCUT2D eigenvalue weighted by Crippen LogP contribution is 2.21. The minimum atomic E-state index is -0.827. The number of aliphatic carboxylic acids is 1. The van der Waals surface area contributed by atoms with Gasteiger partial charge in [-0.3, -0.25) is 0 Å². The maximum absolute atomic E-state index is 10.8. The Kier molecular flexibility index (Phi) is 6.93. The fourth-order valence-corrected chi connectivity index (χ4v) is 3.46. The third-order valence-electron chi connectivity index (χ3n) is 4.82. The fraction of sp³-hybridized carbons (Fsp3) is 0.938. The lowest BCUT2D eigenvalue weighted by atomic mass is 9.94. The number of carbonyl (C=O) groups is 1. The lowest BCUT2D eigenvalue weighted by Gasteiger charge is -2.31. The third-order valence-corrected chi connectivity index (χ3v) is 4.82. The fourth-order valence-electron chi connectivity index (χ4n) is 3.46. The van der Waals surface area contributed by atoms with Crippen LogP contribution < -0.4 is 5.32 Å². The first-order chi connectivity index (χ1) is 10.2. The molecule has 21 heavy (non-hydrogen) atoms. The van der Waals surface area contributed by atoms with Gasteiger partial charge in [-0.15, -0.1) is 0 Å². The lowest BCUT2D eigenvalue weighted by molar-refractivity contribution is -0.149. The minimum Gasteiger partial charge on any atom is -0.479 e. The summed E-state index contributed by atoms with van der Waals surface area (Å²) in [5, 5.41) is 12.3. The quantitative estimate of drug-likeness (QED) is 0.670. The SMILES string of the molecule is CN(CCCNCC1CCC(C(=O)O)O1)C1CCCCC1. The largest absolute Gasteiger partial charge is 0.479 e. The van der Waals surface area contributed by atoms with Crippen LogP contribution in [0.5, 0.6) is 0 Å². The van der Waals surface area contributed by atoms with Gasteiger partial charge in [0.15, 0.2) is 6.10 Å². The summed E-state index contributed by atoms with van der Waals surface area (Å²) in [5.74, 6) is -0.827. The number of hydrogen-bond donors (Lipinski definition) is 2. The van der Waals surface area contributed by atoms with Crippen molar-refractivity contribution in [3.05, 3.63) is 0 Å². The molecule has 2 N–H and O–H groups in total. The molecule has 0 aromatic carbocycles. The molecular formula is C16H30N2O3. The molecule has 2 aliphatic rings. The van der Waals surface area contributed by atoms with Crippen molar-refractivity contribution in [1.29, 1.82) is 0 Å². The number of hydrogen-bond acceptors (Lipinski definition) is 4. The molecule has 1 aliphatic heterocycles. The van der Waals surface area contributed by atoms with Crippen LogP contribution in [-0.2, 0) is 9.53 Å². The molecule has 1 saturated carbocycles. The van der Waals surface area contributed by atoms with Gasteiger partial charge in [0, 0.05) is 12.6 Å². The van der Waals surface area contributed by atoms with E-state index < -0.39 is 12.1 Å². The van der Waals surface area contributed by atoms with Crippen LogP contribution in [0.4, 0.5) is 0 Å². The van der Waals surface area contributed by atoms with Gasteiger partial charge in [-0.05, 0) is 52.2 Å². The summed E-state index contributed by atoms with van der Waals surface area (Å²) in [5.41, 5.74) is 0. The molecule has 2 unspecified atom stereocenters. The molecule has 2 atom stereocenters. The smallest absolute Gasteiger partial charge is 0.332 e.